The van der Waals surface area contributed by atoms with E-state index in [-0.39, 0.29) is 12.5 Å². The van der Waals surface area contributed by atoms with Crippen LogP contribution in [0.3, 0.4) is 0 Å². The van der Waals surface area contributed by atoms with Crippen molar-refractivity contribution >= 4 is 11.8 Å². The molecule has 0 spiro atoms. The summed E-state index contributed by atoms with van der Waals surface area (Å²) in [5.41, 5.74) is 3.03. The molecule has 3 heterocycles. The zero-order chi connectivity index (χ0) is 19.5. The molecule has 0 aliphatic carbocycles. The second-order valence-electron chi connectivity index (χ2n) is 7.45. The minimum Gasteiger partial charge on any atom is -0.756 e. The molecule has 0 radical (unpaired) electrons. The Morgan fingerprint density at radius 3 is 2.86 bits per heavy atom. The Morgan fingerprint density at radius 1 is 1.25 bits per heavy atom. The fourth-order valence-corrected chi connectivity index (χ4v) is 3.90. The number of nitrogens with zero attached hydrogens (tertiary/aromatic N) is 4. The smallest absolute Gasteiger partial charge is 0.225 e. The van der Waals surface area contributed by atoms with Crippen LogP contribution in [0.2, 0.25) is 0 Å². The molecule has 4 rings (SSSR count). The summed E-state index contributed by atoms with van der Waals surface area (Å²) in [6.45, 7) is 6.72. The van der Waals surface area contributed by atoms with Crippen molar-refractivity contribution in [2.45, 2.75) is 32.7 Å². The molecule has 1 aromatic carbocycles. The van der Waals surface area contributed by atoms with E-state index >= 15 is 0 Å². The first-order chi connectivity index (χ1) is 13.6. The van der Waals surface area contributed by atoms with Gasteiger partial charge >= 0.3 is 0 Å². The number of anilines is 2. The average Bonchev–Trinajstić information content (AvgIpc) is 3.19. The van der Waals surface area contributed by atoms with Crippen molar-refractivity contribution in [1.82, 2.24) is 20.2 Å². The van der Waals surface area contributed by atoms with E-state index in [1.54, 1.807) is 6.07 Å². The van der Waals surface area contributed by atoms with Crippen molar-refractivity contribution in [2.24, 2.45) is 0 Å². The molecule has 1 fully saturated rings. The number of nitrogens with one attached hydrogen (secondary N) is 2. The van der Waals surface area contributed by atoms with Gasteiger partial charge in [0.2, 0.25) is 5.95 Å². The Hall–Kier alpha value is -2.29. The van der Waals surface area contributed by atoms with Gasteiger partial charge in [0.15, 0.2) is 0 Å². The normalized spacial score (nSPS) is 17.0. The van der Waals surface area contributed by atoms with Gasteiger partial charge in [-0.25, -0.2) is 9.37 Å². The quantitative estimate of drug-likeness (QED) is 0.740. The molecule has 2 aliphatic rings. The average molecular weight is 385 g/mol. The van der Waals surface area contributed by atoms with Crippen molar-refractivity contribution in [3.63, 3.8) is 0 Å². The van der Waals surface area contributed by atoms with Crippen molar-refractivity contribution < 1.29 is 4.39 Å². The van der Waals surface area contributed by atoms with Crippen molar-refractivity contribution in [3.05, 3.63) is 40.4 Å². The molecule has 0 bridgehead atoms. The highest BCUT2D eigenvalue weighted by molar-refractivity contribution is 5.73. The predicted octanol–water partition coefficient (Wildman–Crippen LogP) is 2.85. The molecule has 1 saturated heterocycles. The molecular formula is C20H26FN6O-. The zero-order valence-electron chi connectivity index (χ0n) is 16.2. The fourth-order valence-electron chi connectivity index (χ4n) is 3.90. The standard InChI is InChI=1S/C20H26FN6O/c1-14-11-15(21)5-6-16(14)18-17-12-22-13-27(28)19(17)25-20(24-18)23-7-4-10-26-8-2-3-9-26/h5-6,11,22H,2-4,7-10,12-13H2,1H3,(H,23,24,25)/q-1. The fraction of sp³-hybridized carbons (Fsp3) is 0.500. The Morgan fingerprint density at radius 2 is 2.07 bits per heavy atom. The summed E-state index contributed by atoms with van der Waals surface area (Å²) < 4.78 is 13.6. The van der Waals surface area contributed by atoms with Gasteiger partial charge < -0.3 is 20.5 Å². The van der Waals surface area contributed by atoms with E-state index in [0.717, 1.165) is 41.3 Å². The van der Waals surface area contributed by atoms with Crippen LogP contribution in [-0.4, -0.2) is 47.7 Å². The molecule has 0 amide bonds. The first-order valence-electron chi connectivity index (χ1n) is 9.91. The second-order valence-corrected chi connectivity index (χ2v) is 7.45. The number of aromatic nitrogens is 2. The summed E-state index contributed by atoms with van der Waals surface area (Å²) in [6, 6.07) is 4.62. The highest BCUT2D eigenvalue weighted by Gasteiger charge is 2.21. The molecule has 2 aliphatic heterocycles. The number of benzene rings is 1. The number of hydroxylamine groups is 1. The highest BCUT2D eigenvalue weighted by Crippen LogP contribution is 2.33. The molecule has 150 valence electrons. The van der Waals surface area contributed by atoms with Crippen LogP contribution < -0.4 is 15.7 Å². The van der Waals surface area contributed by atoms with Crippen molar-refractivity contribution in [2.75, 3.05) is 43.2 Å². The molecule has 0 atom stereocenters. The maximum atomic E-state index is 13.6. The molecule has 0 unspecified atom stereocenters. The number of halogens is 1. The van der Waals surface area contributed by atoms with E-state index in [1.165, 1.54) is 38.1 Å². The Bertz CT molecular complexity index is 840. The summed E-state index contributed by atoms with van der Waals surface area (Å²) in [7, 11) is 0. The van der Waals surface area contributed by atoms with Crippen LogP contribution in [0.25, 0.3) is 11.3 Å². The Balaban J connectivity index is 1.57. The molecule has 2 aromatic rings. The van der Waals surface area contributed by atoms with E-state index < -0.39 is 0 Å². The number of aryl methyl sites for hydroxylation is 1. The van der Waals surface area contributed by atoms with E-state index in [9.17, 15) is 9.60 Å². The van der Waals surface area contributed by atoms with Crippen LogP contribution >= 0.6 is 0 Å². The van der Waals surface area contributed by atoms with E-state index in [0.29, 0.717) is 24.0 Å². The number of rotatable bonds is 6. The number of likely N-dealkylation sites (tertiary alicyclic amines) is 1. The number of hydrogen-bond acceptors (Lipinski definition) is 7. The van der Waals surface area contributed by atoms with Gasteiger partial charge in [-0.05, 0) is 69.6 Å². The van der Waals surface area contributed by atoms with Gasteiger partial charge in [0.05, 0.1) is 12.4 Å². The van der Waals surface area contributed by atoms with Gasteiger partial charge in [0.25, 0.3) is 0 Å². The second kappa shape index (κ2) is 8.38. The molecule has 8 heteroatoms. The van der Waals surface area contributed by atoms with E-state index in [1.807, 2.05) is 6.92 Å². The maximum absolute atomic E-state index is 13.6. The molecular weight excluding hydrogens is 359 g/mol. The lowest BCUT2D eigenvalue weighted by Gasteiger charge is -2.36. The van der Waals surface area contributed by atoms with Crippen molar-refractivity contribution in [3.8, 4) is 11.3 Å². The Kier molecular flexibility index (Phi) is 5.70. The third-order valence-corrected chi connectivity index (χ3v) is 5.36. The van der Waals surface area contributed by atoms with Crippen LogP contribution in [0.4, 0.5) is 16.2 Å². The molecule has 2 N–H and O–H groups in total. The van der Waals surface area contributed by atoms with Crippen LogP contribution in [0, 0.1) is 17.9 Å². The summed E-state index contributed by atoms with van der Waals surface area (Å²) >= 11 is 0. The van der Waals surface area contributed by atoms with Crippen LogP contribution in [0.15, 0.2) is 18.2 Å². The highest BCUT2D eigenvalue weighted by atomic mass is 19.1. The lowest BCUT2D eigenvalue weighted by molar-refractivity contribution is 0.337. The minimum atomic E-state index is -0.284. The van der Waals surface area contributed by atoms with Gasteiger partial charge in [-0.15, -0.1) is 0 Å². The third kappa shape index (κ3) is 4.09. The summed E-state index contributed by atoms with van der Waals surface area (Å²) in [4.78, 5) is 11.6. The summed E-state index contributed by atoms with van der Waals surface area (Å²) in [5.74, 6) is 0.546. The van der Waals surface area contributed by atoms with Gasteiger partial charge in [0.1, 0.15) is 11.6 Å². The van der Waals surface area contributed by atoms with Crippen LogP contribution in [-0.2, 0) is 6.54 Å². The molecule has 0 saturated carbocycles. The van der Waals surface area contributed by atoms with Gasteiger partial charge in [-0.3, -0.25) is 5.32 Å². The predicted molar refractivity (Wildman–Crippen MR) is 108 cm³/mol. The summed E-state index contributed by atoms with van der Waals surface area (Å²) in [6.07, 6.45) is 3.57. The largest absolute Gasteiger partial charge is 0.756 e. The van der Waals surface area contributed by atoms with E-state index in [4.69, 9.17) is 0 Å². The van der Waals surface area contributed by atoms with E-state index in [2.05, 4.69) is 25.5 Å². The van der Waals surface area contributed by atoms with Crippen LogP contribution in [0.1, 0.15) is 30.4 Å². The zero-order valence-corrected chi connectivity index (χ0v) is 16.2. The van der Waals surface area contributed by atoms with Gasteiger partial charge in [0, 0.05) is 24.2 Å². The molecule has 7 nitrogen and oxygen atoms in total. The topological polar surface area (TPSA) is 79.4 Å². The van der Waals surface area contributed by atoms with Crippen molar-refractivity contribution in [1.29, 1.82) is 0 Å². The minimum absolute atomic E-state index is 0.195. The first-order valence-corrected chi connectivity index (χ1v) is 9.91. The lowest BCUT2D eigenvalue weighted by atomic mass is 10.0. The van der Waals surface area contributed by atoms with Gasteiger partial charge in [-0.2, -0.15) is 4.98 Å². The van der Waals surface area contributed by atoms with Crippen LogP contribution in [0.5, 0.6) is 0 Å². The monoisotopic (exact) mass is 385 g/mol. The summed E-state index contributed by atoms with van der Waals surface area (Å²) in [5, 5.41) is 19.5. The molecule has 28 heavy (non-hydrogen) atoms. The number of hydrogen-bond donors (Lipinski definition) is 2. The first kappa shape index (κ1) is 19.0. The molecule has 1 aromatic heterocycles. The third-order valence-electron chi connectivity index (χ3n) is 5.36. The lowest BCUT2D eigenvalue weighted by Crippen LogP contribution is -2.36. The number of fused-ring (bicyclic) bond motifs is 1. The maximum Gasteiger partial charge on any atom is 0.225 e. The SMILES string of the molecule is Cc1cc(F)ccc1-c1nc(NCCCN2CCCC2)nc2c1CNCN2[O-]. The van der Waals surface area contributed by atoms with Gasteiger partial charge in [-0.1, -0.05) is 0 Å². The Labute approximate surface area is 164 Å².